The van der Waals surface area contributed by atoms with Gasteiger partial charge in [-0.1, -0.05) is 68.4 Å². The zero-order chi connectivity index (χ0) is 20.1. The second kappa shape index (κ2) is 8.30. The van der Waals surface area contributed by atoms with Crippen LogP contribution in [0.4, 0.5) is 0 Å². The van der Waals surface area contributed by atoms with Gasteiger partial charge >= 0.3 is 0 Å². The van der Waals surface area contributed by atoms with Crippen molar-refractivity contribution in [2.75, 3.05) is 0 Å². The first-order valence-electron chi connectivity index (χ1n) is 9.36. The lowest BCUT2D eigenvalue weighted by molar-refractivity contribution is 0.132. The minimum Gasteiger partial charge on any atom is -0.439 e. The molecular formula is C23H27N3O2. The van der Waals surface area contributed by atoms with E-state index in [0.29, 0.717) is 12.5 Å². The molecule has 0 saturated carbocycles. The number of aryl methyl sites for hydroxylation is 2. The summed E-state index contributed by atoms with van der Waals surface area (Å²) in [7, 11) is 1.85. The van der Waals surface area contributed by atoms with Crippen LogP contribution in [0.3, 0.4) is 0 Å². The largest absolute Gasteiger partial charge is 0.439 e. The maximum Gasteiger partial charge on any atom is 0.226 e. The van der Waals surface area contributed by atoms with Crippen LogP contribution in [-0.2, 0) is 23.9 Å². The predicted molar refractivity (Wildman–Crippen MR) is 112 cm³/mol. The highest BCUT2D eigenvalue weighted by Crippen LogP contribution is 2.26. The van der Waals surface area contributed by atoms with Gasteiger partial charge in [-0.2, -0.15) is 5.10 Å². The average Bonchev–Trinajstić information content (AvgIpc) is 2.92. The molecule has 146 valence electrons. The maximum absolute atomic E-state index is 5.98. The molecule has 0 aliphatic carbocycles. The van der Waals surface area contributed by atoms with Gasteiger partial charge in [-0.25, -0.2) is 4.68 Å². The van der Waals surface area contributed by atoms with E-state index < -0.39 is 0 Å². The molecule has 3 rings (SSSR count). The van der Waals surface area contributed by atoms with E-state index in [1.54, 1.807) is 10.9 Å². The molecule has 1 aromatic heterocycles. The Morgan fingerprint density at radius 2 is 1.71 bits per heavy atom. The molecule has 5 heteroatoms. The van der Waals surface area contributed by atoms with Crippen molar-refractivity contribution in [3.63, 3.8) is 0 Å². The van der Waals surface area contributed by atoms with E-state index in [1.165, 1.54) is 5.56 Å². The van der Waals surface area contributed by atoms with Crippen LogP contribution in [0, 0.1) is 6.92 Å². The van der Waals surface area contributed by atoms with E-state index in [4.69, 9.17) is 9.57 Å². The third-order valence-corrected chi connectivity index (χ3v) is 4.48. The number of rotatable bonds is 6. The minimum atomic E-state index is 0.143. The maximum atomic E-state index is 5.98. The van der Waals surface area contributed by atoms with E-state index in [9.17, 15) is 0 Å². The Bertz CT molecular complexity index is 936. The summed E-state index contributed by atoms with van der Waals surface area (Å²) in [6.45, 7) is 8.94. The van der Waals surface area contributed by atoms with Crippen LogP contribution in [0.2, 0.25) is 0 Å². The highest BCUT2D eigenvalue weighted by Gasteiger charge is 2.14. The first kappa shape index (κ1) is 19.7. The number of hydrogen-bond acceptors (Lipinski definition) is 4. The van der Waals surface area contributed by atoms with Crippen molar-refractivity contribution in [2.24, 2.45) is 12.2 Å². The van der Waals surface area contributed by atoms with Gasteiger partial charge in [-0.05, 0) is 35.6 Å². The lowest BCUT2D eigenvalue weighted by atomic mass is 9.87. The molecule has 0 bridgehead atoms. The van der Waals surface area contributed by atoms with Gasteiger partial charge in [0, 0.05) is 7.05 Å². The monoisotopic (exact) mass is 377 g/mol. The first-order valence-corrected chi connectivity index (χ1v) is 9.36. The number of hydrogen-bond donors (Lipinski definition) is 0. The van der Waals surface area contributed by atoms with Gasteiger partial charge in [0.05, 0.1) is 17.5 Å². The van der Waals surface area contributed by atoms with Crippen molar-refractivity contribution in [3.05, 3.63) is 77.0 Å². The molecule has 2 aromatic carbocycles. The molecule has 0 radical (unpaired) electrons. The lowest BCUT2D eigenvalue weighted by Gasteiger charge is -2.18. The third kappa shape index (κ3) is 4.80. The molecule has 5 nitrogen and oxygen atoms in total. The summed E-state index contributed by atoms with van der Waals surface area (Å²) in [6.07, 6.45) is 1.66. The van der Waals surface area contributed by atoms with Crippen LogP contribution < -0.4 is 4.74 Å². The summed E-state index contributed by atoms with van der Waals surface area (Å²) in [5.41, 5.74) is 4.15. The Hall–Kier alpha value is -3.08. The normalized spacial score (nSPS) is 11.8. The molecule has 0 amide bonds. The number of nitrogens with zero attached hydrogens (tertiary/aromatic N) is 3. The zero-order valence-corrected chi connectivity index (χ0v) is 17.1. The van der Waals surface area contributed by atoms with E-state index >= 15 is 0 Å². The molecule has 3 aromatic rings. The smallest absolute Gasteiger partial charge is 0.226 e. The van der Waals surface area contributed by atoms with Crippen LogP contribution in [0.1, 0.15) is 43.2 Å². The van der Waals surface area contributed by atoms with E-state index in [-0.39, 0.29) is 5.41 Å². The third-order valence-electron chi connectivity index (χ3n) is 4.48. The Balaban J connectivity index is 1.66. The SMILES string of the molecule is Cc1nn(C)c(Oc2ccccc2)c1C=NOCc1ccc(C(C)(C)C)cc1. The van der Waals surface area contributed by atoms with Crippen LogP contribution >= 0.6 is 0 Å². The summed E-state index contributed by atoms with van der Waals surface area (Å²) in [4.78, 5) is 5.50. The molecule has 0 unspecified atom stereocenters. The molecule has 0 spiro atoms. The molecule has 1 heterocycles. The van der Waals surface area contributed by atoms with E-state index in [2.05, 4.69) is 55.3 Å². The fourth-order valence-electron chi connectivity index (χ4n) is 2.83. The van der Waals surface area contributed by atoms with Crippen molar-refractivity contribution >= 4 is 6.21 Å². The van der Waals surface area contributed by atoms with Gasteiger partial charge in [0.1, 0.15) is 12.4 Å². The van der Waals surface area contributed by atoms with Crippen molar-refractivity contribution in [3.8, 4) is 11.6 Å². The molecule has 0 atom stereocenters. The van der Waals surface area contributed by atoms with Gasteiger partial charge < -0.3 is 9.57 Å². The highest BCUT2D eigenvalue weighted by atomic mass is 16.6. The molecule has 0 aliphatic heterocycles. The molecule has 0 saturated heterocycles. The van der Waals surface area contributed by atoms with Gasteiger partial charge in [0.25, 0.3) is 0 Å². The summed E-state index contributed by atoms with van der Waals surface area (Å²) in [6, 6.07) is 18.1. The molecule has 0 fully saturated rings. The van der Waals surface area contributed by atoms with Gasteiger partial charge in [0.15, 0.2) is 0 Å². The summed E-state index contributed by atoms with van der Waals surface area (Å²) in [5.74, 6) is 1.38. The van der Waals surface area contributed by atoms with Gasteiger partial charge in [-0.3, -0.25) is 0 Å². The lowest BCUT2D eigenvalue weighted by Crippen LogP contribution is -2.10. The average molecular weight is 377 g/mol. The fraction of sp³-hybridized carbons (Fsp3) is 0.304. The van der Waals surface area contributed by atoms with Crippen LogP contribution in [0.15, 0.2) is 59.8 Å². The van der Waals surface area contributed by atoms with Crippen molar-refractivity contribution < 1.29 is 9.57 Å². The van der Waals surface area contributed by atoms with Gasteiger partial charge in [0.2, 0.25) is 5.88 Å². The number of aromatic nitrogens is 2. The second-order valence-corrected chi connectivity index (χ2v) is 7.80. The summed E-state index contributed by atoms with van der Waals surface area (Å²) >= 11 is 0. The Labute approximate surface area is 166 Å². The summed E-state index contributed by atoms with van der Waals surface area (Å²) < 4.78 is 7.68. The minimum absolute atomic E-state index is 0.143. The molecule has 0 N–H and O–H groups in total. The molecule has 28 heavy (non-hydrogen) atoms. The number of benzene rings is 2. The summed E-state index contributed by atoms with van der Waals surface area (Å²) in [5, 5.41) is 8.55. The van der Waals surface area contributed by atoms with Crippen LogP contribution in [-0.4, -0.2) is 16.0 Å². The second-order valence-electron chi connectivity index (χ2n) is 7.80. The molecular weight excluding hydrogens is 350 g/mol. The molecule has 0 aliphatic rings. The first-order chi connectivity index (χ1) is 13.3. The number of ether oxygens (including phenoxy) is 1. The van der Waals surface area contributed by atoms with Crippen LogP contribution in [0.25, 0.3) is 0 Å². The predicted octanol–water partition coefficient (Wildman–Crippen LogP) is 5.37. The Morgan fingerprint density at radius 1 is 1.04 bits per heavy atom. The number of para-hydroxylation sites is 1. The van der Waals surface area contributed by atoms with Gasteiger partial charge in [-0.15, -0.1) is 0 Å². The zero-order valence-electron chi connectivity index (χ0n) is 17.1. The van der Waals surface area contributed by atoms with E-state index in [0.717, 1.165) is 22.6 Å². The highest BCUT2D eigenvalue weighted by molar-refractivity contribution is 5.84. The number of oxime groups is 1. The van der Waals surface area contributed by atoms with Crippen molar-refractivity contribution in [1.82, 2.24) is 9.78 Å². The standard InChI is InChI=1S/C23H27N3O2/c1-17-21(22(26(5)25-17)28-20-9-7-6-8-10-20)15-24-27-16-18-11-13-19(14-12-18)23(2,3)4/h6-15H,16H2,1-5H3. The van der Waals surface area contributed by atoms with Crippen molar-refractivity contribution in [2.45, 2.75) is 39.7 Å². The van der Waals surface area contributed by atoms with Crippen LogP contribution in [0.5, 0.6) is 11.6 Å². The van der Waals surface area contributed by atoms with Crippen molar-refractivity contribution in [1.29, 1.82) is 0 Å². The Morgan fingerprint density at radius 3 is 2.36 bits per heavy atom. The quantitative estimate of drug-likeness (QED) is 0.429. The Kier molecular flexibility index (Phi) is 5.83. The fourth-order valence-corrected chi connectivity index (χ4v) is 2.83. The van der Waals surface area contributed by atoms with E-state index in [1.807, 2.05) is 44.3 Å². The topological polar surface area (TPSA) is 48.6 Å².